The van der Waals surface area contributed by atoms with Gasteiger partial charge in [0.2, 0.25) is 0 Å². The zero-order valence-corrected chi connectivity index (χ0v) is 16.1. The lowest BCUT2D eigenvalue weighted by Gasteiger charge is -2.27. The highest BCUT2D eigenvalue weighted by Crippen LogP contribution is 2.33. The Morgan fingerprint density at radius 1 is 1.15 bits per heavy atom. The molecule has 26 heavy (non-hydrogen) atoms. The van der Waals surface area contributed by atoms with Gasteiger partial charge in [-0.05, 0) is 63.8 Å². The Morgan fingerprint density at radius 2 is 1.88 bits per heavy atom. The minimum absolute atomic E-state index is 0.261. The summed E-state index contributed by atoms with van der Waals surface area (Å²) in [6.07, 6.45) is 3.38. The Labute approximate surface area is 155 Å². The standard InChI is InChI=1S/C21H30FN3O/c1-4-12-25-17(3)20(16(2)23-25)15-24-13-5-10-21(26,11-14-24)18-6-8-19(22)9-7-18/h6-9,26H,4-5,10-15H2,1-3H3/t21-/m0/s1. The van der Waals surface area contributed by atoms with Crippen LogP contribution in [0.15, 0.2) is 24.3 Å². The molecule has 1 aliphatic rings. The maximum absolute atomic E-state index is 13.2. The number of benzene rings is 1. The first kappa shape index (κ1) is 19.1. The molecule has 4 nitrogen and oxygen atoms in total. The Bertz CT molecular complexity index is 740. The maximum atomic E-state index is 13.2. The number of rotatable bonds is 5. The minimum Gasteiger partial charge on any atom is -0.385 e. The molecule has 0 radical (unpaired) electrons. The number of hydrogen-bond donors (Lipinski definition) is 1. The Kier molecular flexibility index (Phi) is 5.78. The van der Waals surface area contributed by atoms with Crippen LogP contribution in [0.3, 0.4) is 0 Å². The van der Waals surface area contributed by atoms with Gasteiger partial charge in [0, 0.05) is 30.9 Å². The van der Waals surface area contributed by atoms with Crippen LogP contribution in [-0.2, 0) is 18.7 Å². The first-order valence-electron chi connectivity index (χ1n) is 9.66. The van der Waals surface area contributed by atoms with Crippen molar-refractivity contribution in [3.05, 3.63) is 52.6 Å². The fourth-order valence-electron chi connectivity index (χ4n) is 4.00. The van der Waals surface area contributed by atoms with E-state index in [0.717, 1.165) is 50.3 Å². The Hall–Kier alpha value is -1.72. The number of aryl methyl sites for hydroxylation is 2. The molecule has 0 bridgehead atoms. The summed E-state index contributed by atoms with van der Waals surface area (Å²) < 4.78 is 15.3. The summed E-state index contributed by atoms with van der Waals surface area (Å²) in [7, 11) is 0. The molecule has 1 N–H and O–H groups in total. The lowest BCUT2D eigenvalue weighted by atomic mass is 9.87. The molecule has 0 aliphatic carbocycles. The van der Waals surface area contributed by atoms with E-state index in [1.54, 1.807) is 12.1 Å². The van der Waals surface area contributed by atoms with E-state index in [-0.39, 0.29) is 5.82 Å². The summed E-state index contributed by atoms with van der Waals surface area (Å²) in [5, 5.41) is 15.8. The zero-order chi connectivity index (χ0) is 18.7. The molecule has 0 saturated carbocycles. The summed E-state index contributed by atoms with van der Waals surface area (Å²) in [5.41, 5.74) is 3.63. The van der Waals surface area contributed by atoms with Crippen LogP contribution < -0.4 is 0 Å². The number of aliphatic hydroxyl groups is 1. The third-order valence-corrected chi connectivity index (χ3v) is 5.64. The van der Waals surface area contributed by atoms with Crippen molar-refractivity contribution in [2.75, 3.05) is 13.1 Å². The molecular weight excluding hydrogens is 329 g/mol. The molecule has 0 amide bonds. The van der Waals surface area contributed by atoms with Crippen molar-refractivity contribution in [1.29, 1.82) is 0 Å². The highest BCUT2D eigenvalue weighted by Gasteiger charge is 2.32. The molecule has 2 heterocycles. The van der Waals surface area contributed by atoms with Gasteiger partial charge < -0.3 is 5.11 Å². The van der Waals surface area contributed by atoms with Crippen LogP contribution in [0.25, 0.3) is 0 Å². The van der Waals surface area contributed by atoms with E-state index in [1.807, 2.05) is 0 Å². The monoisotopic (exact) mass is 359 g/mol. The molecule has 2 aromatic rings. The highest BCUT2D eigenvalue weighted by atomic mass is 19.1. The topological polar surface area (TPSA) is 41.3 Å². The van der Waals surface area contributed by atoms with Crippen molar-refractivity contribution in [3.63, 3.8) is 0 Å². The maximum Gasteiger partial charge on any atom is 0.123 e. The molecule has 1 atom stereocenters. The van der Waals surface area contributed by atoms with Crippen LogP contribution in [0.1, 0.15) is 55.1 Å². The fourth-order valence-corrected chi connectivity index (χ4v) is 4.00. The number of likely N-dealkylation sites (tertiary alicyclic amines) is 1. The van der Waals surface area contributed by atoms with E-state index in [0.29, 0.717) is 12.8 Å². The quantitative estimate of drug-likeness (QED) is 0.880. The van der Waals surface area contributed by atoms with Crippen molar-refractivity contribution >= 4 is 0 Å². The fraction of sp³-hybridized carbons (Fsp3) is 0.571. The molecule has 1 aliphatic heterocycles. The Balaban J connectivity index is 1.70. The van der Waals surface area contributed by atoms with Crippen LogP contribution in [0.2, 0.25) is 0 Å². The van der Waals surface area contributed by atoms with E-state index >= 15 is 0 Å². The van der Waals surface area contributed by atoms with Crippen LogP contribution in [0, 0.1) is 19.7 Å². The van der Waals surface area contributed by atoms with Crippen molar-refractivity contribution in [1.82, 2.24) is 14.7 Å². The summed E-state index contributed by atoms with van der Waals surface area (Å²) in [6.45, 7) is 10.0. The number of halogens is 1. The van der Waals surface area contributed by atoms with E-state index in [1.165, 1.54) is 23.4 Å². The van der Waals surface area contributed by atoms with Gasteiger partial charge in [-0.25, -0.2) is 4.39 Å². The predicted octanol–water partition coefficient (Wildman–Crippen LogP) is 3.92. The largest absolute Gasteiger partial charge is 0.385 e. The van der Waals surface area contributed by atoms with Gasteiger partial charge in [-0.2, -0.15) is 5.10 Å². The van der Waals surface area contributed by atoms with Crippen molar-refractivity contribution in [2.45, 2.75) is 65.1 Å². The van der Waals surface area contributed by atoms with E-state index in [9.17, 15) is 9.50 Å². The SMILES string of the molecule is CCCn1nc(C)c(CN2CCC[C@@](O)(c3ccc(F)cc3)CC2)c1C. The van der Waals surface area contributed by atoms with Gasteiger partial charge >= 0.3 is 0 Å². The molecule has 5 heteroatoms. The number of nitrogens with zero attached hydrogens (tertiary/aromatic N) is 3. The van der Waals surface area contributed by atoms with Gasteiger partial charge in [0.1, 0.15) is 5.82 Å². The second-order valence-corrected chi connectivity index (χ2v) is 7.54. The molecule has 0 unspecified atom stereocenters. The van der Waals surface area contributed by atoms with E-state index in [2.05, 4.69) is 35.5 Å². The second kappa shape index (κ2) is 7.89. The van der Waals surface area contributed by atoms with Gasteiger partial charge in [0.05, 0.1) is 11.3 Å². The molecule has 1 saturated heterocycles. The molecule has 142 valence electrons. The third-order valence-electron chi connectivity index (χ3n) is 5.64. The minimum atomic E-state index is -0.862. The van der Waals surface area contributed by atoms with Crippen molar-refractivity contribution < 1.29 is 9.50 Å². The van der Waals surface area contributed by atoms with Crippen LogP contribution >= 0.6 is 0 Å². The number of aromatic nitrogens is 2. The molecule has 3 rings (SSSR count). The van der Waals surface area contributed by atoms with Gasteiger partial charge in [0.25, 0.3) is 0 Å². The third kappa shape index (κ3) is 3.99. The van der Waals surface area contributed by atoms with Gasteiger partial charge in [0.15, 0.2) is 0 Å². The first-order valence-corrected chi connectivity index (χ1v) is 9.66. The molecular formula is C21H30FN3O. The van der Waals surface area contributed by atoms with E-state index < -0.39 is 5.60 Å². The van der Waals surface area contributed by atoms with E-state index in [4.69, 9.17) is 0 Å². The second-order valence-electron chi connectivity index (χ2n) is 7.54. The molecule has 0 spiro atoms. The van der Waals surface area contributed by atoms with Crippen molar-refractivity contribution in [2.24, 2.45) is 0 Å². The molecule has 1 fully saturated rings. The summed E-state index contributed by atoms with van der Waals surface area (Å²) in [5.74, 6) is -0.261. The molecule has 1 aromatic heterocycles. The Morgan fingerprint density at radius 3 is 2.58 bits per heavy atom. The summed E-state index contributed by atoms with van der Waals surface area (Å²) >= 11 is 0. The predicted molar refractivity (Wildman–Crippen MR) is 101 cm³/mol. The van der Waals surface area contributed by atoms with Crippen molar-refractivity contribution in [3.8, 4) is 0 Å². The van der Waals surface area contributed by atoms with Crippen LogP contribution in [-0.4, -0.2) is 32.9 Å². The van der Waals surface area contributed by atoms with Crippen LogP contribution in [0.5, 0.6) is 0 Å². The lowest BCUT2D eigenvalue weighted by Crippen LogP contribution is -2.29. The summed E-state index contributed by atoms with van der Waals surface area (Å²) in [4.78, 5) is 2.41. The van der Waals surface area contributed by atoms with Gasteiger partial charge in [-0.15, -0.1) is 0 Å². The van der Waals surface area contributed by atoms with Gasteiger partial charge in [-0.3, -0.25) is 9.58 Å². The first-order chi connectivity index (χ1) is 12.4. The highest BCUT2D eigenvalue weighted by molar-refractivity contribution is 5.25. The smallest absolute Gasteiger partial charge is 0.123 e. The normalized spacial score (nSPS) is 21.7. The van der Waals surface area contributed by atoms with Gasteiger partial charge in [-0.1, -0.05) is 19.1 Å². The summed E-state index contributed by atoms with van der Waals surface area (Å²) in [6, 6.07) is 6.30. The number of hydrogen-bond acceptors (Lipinski definition) is 3. The zero-order valence-electron chi connectivity index (χ0n) is 16.1. The van der Waals surface area contributed by atoms with Crippen LogP contribution in [0.4, 0.5) is 4.39 Å². The molecule has 1 aromatic carbocycles. The average Bonchev–Trinajstić information content (AvgIpc) is 2.77. The average molecular weight is 359 g/mol. The lowest BCUT2D eigenvalue weighted by molar-refractivity contribution is 0.0209.